The second-order valence-electron chi connectivity index (χ2n) is 4.18. The van der Waals surface area contributed by atoms with E-state index in [0.29, 0.717) is 13.0 Å². The van der Waals surface area contributed by atoms with Gasteiger partial charge in [-0.25, -0.2) is 0 Å². The molecule has 2 nitrogen and oxygen atoms in total. The van der Waals surface area contributed by atoms with Gasteiger partial charge in [-0.2, -0.15) is 0 Å². The van der Waals surface area contributed by atoms with Gasteiger partial charge in [-0.05, 0) is 53.1 Å². The summed E-state index contributed by atoms with van der Waals surface area (Å²) in [5, 5.41) is 10.3. The van der Waals surface area contributed by atoms with Crippen LogP contribution in [0.25, 0.3) is 0 Å². The lowest BCUT2D eigenvalue weighted by molar-refractivity contribution is -0.0844. The second kappa shape index (κ2) is 4.80. The summed E-state index contributed by atoms with van der Waals surface area (Å²) in [7, 11) is 0. The average Bonchev–Trinajstić information content (AvgIpc) is 2.22. The van der Waals surface area contributed by atoms with Crippen LogP contribution in [0.1, 0.15) is 18.4 Å². The first-order valence-corrected chi connectivity index (χ1v) is 6.30. The number of benzene rings is 1. The monoisotopic (exact) mass is 318 g/mol. The highest BCUT2D eigenvalue weighted by molar-refractivity contribution is 14.1. The zero-order valence-electron chi connectivity index (χ0n) is 8.58. The molecule has 1 saturated heterocycles. The first-order valence-electron chi connectivity index (χ1n) is 5.23. The number of hydrogen-bond donors (Lipinski definition) is 1. The fraction of sp³-hybridized carbons (Fsp3) is 0.500. The van der Waals surface area contributed by atoms with E-state index >= 15 is 0 Å². The molecule has 82 valence electrons. The largest absolute Gasteiger partial charge is 0.387 e. The number of ether oxygens (including phenoxy) is 1. The Morgan fingerprint density at radius 2 is 2.07 bits per heavy atom. The van der Waals surface area contributed by atoms with Crippen LogP contribution in [0, 0.1) is 3.57 Å². The van der Waals surface area contributed by atoms with Crippen molar-refractivity contribution in [3.8, 4) is 0 Å². The van der Waals surface area contributed by atoms with E-state index in [1.54, 1.807) is 0 Å². The van der Waals surface area contributed by atoms with Gasteiger partial charge in [0.05, 0.1) is 12.2 Å². The molecule has 1 atom stereocenters. The maximum atomic E-state index is 10.3. The highest BCUT2D eigenvalue weighted by Crippen LogP contribution is 2.23. The first kappa shape index (κ1) is 11.4. The first-order chi connectivity index (χ1) is 7.18. The Balaban J connectivity index is 2.03. The van der Waals surface area contributed by atoms with E-state index in [1.807, 2.05) is 0 Å². The molecule has 3 heteroatoms. The molecule has 2 rings (SSSR count). The van der Waals surface area contributed by atoms with E-state index in [1.165, 1.54) is 9.13 Å². The minimum Gasteiger partial charge on any atom is -0.387 e. The van der Waals surface area contributed by atoms with E-state index in [0.717, 1.165) is 19.4 Å². The van der Waals surface area contributed by atoms with Crippen LogP contribution in [0.4, 0.5) is 0 Å². The van der Waals surface area contributed by atoms with Crippen LogP contribution in [0.3, 0.4) is 0 Å². The van der Waals surface area contributed by atoms with Crippen molar-refractivity contribution in [3.05, 3.63) is 33.4 Å². The van der Waals surface area contributed by atoms with Gasteiger partial charge in [0, 0.05) is 16.6 Å². The van der Waals surface area contributed by atoms with Crippen LogP contribution in [-0.2, 0) is 11.2 Å². The summed E-state index contributed by atoms with van der Waals surface area (Å²) < 4.78 is 6.55. The van der Waals surface area contributed by atoms with E-state index in [2.05, 4.69) is 46.9 Å². The van der Waals surface area contributed by atoms with Crippen molar-refractivity contribution < 1.29 is 9.84 Å². The van der Waals surface area contributed by atoms with E-state index < -0.39 is 5.60 Å². The van der Waals surface area contributed by atoms with Gasteiger partial charge in [-0.3, -0.25) is 0 Å². The van der Waals surface area contributed by atoms with E-state index in [4.69, 9.17) is 4.74 Å². The Morgan fingerprint density at radius 1 is 1.33 bits per heavy atom. The summed E-state index contributed by atoms with van der Waals surface area (Å²) in [6.45, 7) is 1.26. The fourth-order valence-corrected chi connectivity index (χ4v) is 2.32. The molecule has 1 heterocycles. The van der Waals surface area contributed by atoms with Crippen molar-refractivity contribution in [1.82, 2.24) is 0 Å². The third kappa shape index (κ3) is 3.16. The zero-order chi connectivity index (χ0) is 10.7. The van der Waals surface area contributed by atoms with Crippen LogP contribution in [0.5, 0.6) is 0 Å². The molecule has 1 N–H and O–H groups in total. The van der Waals surface area contributed by atoms with Gasteiger partial charge < -0.3 is 9.84 Å². The van der Waals surface area contributed by atoms with Gasteiger partial charge in [-0.1, -0.05) is 12.1 Å². The Hall–Kier alpha value is -0.130. The average molecular weight is 318 g/mol. The zero-order valence-corrected chi connectivity index (χ0v) is 10.7. The number of aliphatic hydroxyl groups is 1. The topological polar surface area (TPSA) is 29.5 Å². The van der Waals surface area contributed by atoms with E-state index in [-0.39, 0.29) is 0 Å². The molecule has 0 bridgehead atoms. The minimum atomic E-state index is -0.648. The number of hydrogen-bond acceptors (Lipinski definition) is 2. The molecule has 1 aliphatic heterocycles. The smallest absolute Gasteiger partial charge is 0.0921 e. The van der Waals surface area contributed by atoms with Crippen molar-refractivity contribution in [2.75, 3.05) is 13.2 Å². The van der Waals surface area contributed by atoms with Crippen molar-refractivity contribution in [2.45, 2.75) is 24.9 Å². The van der Waals surface area contributed by atoms with Crippen LogP contribution in [-0.4, -0.2) is 23.9 Å². The third-order valence-electron chi connectivity index (χ3n) is 2.75. The van der Waals surface area contributed by atoms with Gasteiger partial charge in [0.15, 0.2) is 0 Å². The lowest BCUT2D eigenvalue weighted by Gasteiger charge is -2.32. The molecule has 0 amide bonds. The van der Waals surface area contributed by atoms with Crippen LogP contribution >= 0.6 is 22.6 Å². The molecular formula is C12H15IO2. The predicted molar refractivity (Wildman–Crippen MR) is 67.9 cm³/mol. The molecule has 1 fully saturated rings. The maximum Gasteiger partial charge on any atom is 0.0921 e. The van der Waals surface area contributed by atoms with Gasteiger partial charge in [0.1, 0.15) is 0 Å². The van der Waals surface area contributed by atoms with Crippen molar-refractivity contribution in [1.29, 1.82) is 0 Å². The lowest BCUT2D eigenvalue weighted by Crippen LogP contribution is -2.40. The van der Waals surface area contributed by atoms with Crippen LogP contribution in [0.2, 0.25) is 0 Å². The molecule has 0 aromatic heterocycles. The number of halogens is 1. The fourth-order valence-electron chi connectivity index (χ4n) is 1.96. The Kier molecular flexibility index (Phi) is 3.64. The van der Waals surface area contributed by atoms with Crippen molar-refractivity contribution in [2.24, 2.45) is 0 Å². The Morgan fingerprint density at radius 3 is 2.67 bits per heavy atom. The highest BCUT2D eigenvalue weighted by Gasteiger charge is 2.30. The molecule has 1 aromatic rings. The summed E-state index contributed by atoms with van der Waals surface area (Å²) >= 11 is 2.28. The van der Waals surface area contributed by atoms with Gasteiger partial charge in [0.25, 0.3) is 0 Å². The lowest BCUT2D eigenvalue weighted by atomic mass is 9.89. The number of rotatable bonds is 2. The summed E-state index contributed by atoms with van der Waals surface area (Å²) in [5.74, 6) is 0. The molecule has 0 radical (unpaired) electrons. The molecule has 1 aliphatic rings. The molecule has 0 aliphatic carbocycles. The molecule has 1 aromatic carbocycles. The van der Waals surface area contributed by atoms with Crippen molar-refractivity contribution in [3.63, 3.8) is 0 Å². The molecule has 1 unspecified atom stereocenters. The standard InChI is InChI=1S/C12H15IO2/c13-11-4-2-10(3-5-11)8-12(14)6-1-7-15-9-12/h2-5,14H,1,6-9H2. The normalized spacial score (nSPS) is 26.5. The summed E-state index contributed by atoms with van der Waals surface area (Å²) in [6, 6.07) is 8.30. The molecule has 0 saturated carbocycles. The molecule has 0 spiro atoms. The van der Waals surface area contributed by atoms with E-state index in [9.17, 15) is 5.11 Å². The second-order valence-corrected chi connectivity index (χ2v) is 5.43. The quantitative estimate of drug-likeness (QED) is 0.849. The molecular weight excluding hydrogens is 303 g/mol. The molecule has 15 heavy (non-hydrogen) atoms. The third-order valence-corrected chi connectivity index (χ3v) is 3.47. The SMILES string of the molecule is OC1(Cc2ccc(I)cc2)CCCOC1. The summed E-state index contributed by atoms with van der Waals surface area (Å²) in [5.41, 5.74) is 0.536. The highest BCUT2D eigenvalue weighted by atomic mass is 127. The predicted octanol–water partition coefficient (Wildman–Crippen LogP) is 2.38. The summed E-state index contributed by atoms with van der Waals surface area (Å²) in [6.07, 6.45) is 2.50. The van der Waals surface area contributed by atoms with Gasteiger partial charge in [0.2, 0.25) is 0 Å². The van der Waals surface area contributed by atoms with Gasteiger partial charge in [-0.15, -0.1) is 0 Å². The van der Waals surface area contributed by atoms with Crippen LogP contribution < -0.4 is 0 Å². The Labute approximate surface area is 104 Å². The Bertz CT molecular complexity index is 315. The maximum absolute atomic E-state index is 10.3. The van der Waals surface area contributed by atoms with Crippen LogP contribution in [0.15, 0.2) is 24.3 Å². The van der Waals surface area contributed by atoms with Crippen molar-refractivity contribution >= 4 is 22.6 Å². The summed E-state index contributed by atoms with van der Waals surface area (Å²) in [4.78, 5) is 0. The van der Waals surface area contributed by atoms with Gasteiger partial charge >= 0.3 is 0 Å². The minimum absolute atomic E-state index is 0.471.